The van der Waals surface area contributed by atoms with E-state index >= 15 is 0 Å². The average Bonchev–Trinajstić information content (AvgIpc) is 2.83. The van der Waals surface area contributed by atoms with Crippen LogP contribution in [-0.2, 0) is 0 Å². The Hall–Kier alpha value is -0.770. The first kappa shape index (κ1) is 14.2. The van der Waals surface area contributed by atoms with Crippen LogP contribution >= 0.6 is 0 Å². The van der Waals surface area contributed by atoms with Crippen LogP contribution in [0.3, 0.4) is 0 Å². The topological polar surface area (TPSA) is 47.9 Å². The molecule has 4 heteroatoms. The zero-order chi connectivity index (χ0) is 14.2. The molecule has 1 aliphatic carbocycles. The van der Waals surface area contributed by atoms with Crippen molar-refractivity contribution in [3.05, 3.63) is 0 Å². The van der Waals surface area contributed by atoms with E-state index in [0.717, 1.165) is 56.6 Å². The van der Waals surface area contributed by atoms with Crippen LogP contribution in [0.2, 0.25) is 0 Å². The van der Waals surface area contributed by atoms with Crippen LogP contribution in [0.5, 0.6) is 0 Å². The molecule has 3 aliphatic rings. The van der Waals surface area contributed by atoms with Crippen LogP contribution in [0, 0.1) is 11.8 Å². The molecule has 20 heavy (non-hydrogen) atoms. The molecule has 2 fully saturated rings. The van der Waals surface area contributed by atoms with E-state index in [1.54, 1.807) is 0 Å². The molecule has 2 unspecified atom stereocenters. The summed E-state index contributed by atoms with van der Waals surface area (Å²) >= 11 is 0. The molecular weight excluding hydrogens is 250 g/mol. The van der Waals surface area contributed by atoms with Crippen LogP contribution in [0.1, 0.15) is 52.4 Å². The van der Waals surface area contributed by atoms with Gasteiger partial charge in [0.25, 0.3) is 0 Å². The Morgan fingerprint density at radius 3 is 2.70 bits per heavy atom. The van der Waals surface area contributed by atoms with Gasteiger partial charge in [0.1, 0.15) is 0 Å². The lowest BCUT2D eigenvalue weighted by Gasteiger charge is -2.38. The maximum Gasteiger partial charge on any atom is 0.194 e. The Morgan fingerprint density at radius 2 is 1.95 bits per heavy atom. The summed E-state index contributed by atoms with van der Waals surface area (Å²) < 4.78 is 0. The SMILES string of the molecule is CC1CCC(O)(CNC2=NCC3CCC(C)CN23)CC1. The Kier molecular flexibility index (Phi) is 3.93. The minimum absolute atomic E-state index is 0.519. The summed E-state index contributed by atoms with van der Waals surface area (Å²) in [7, 11) is 0. The quantitative estimate of drug-likeness (QED) is 0.812. The van der Waals surface area contributed by atoms with Crippen molar-refractivity contribution >= 4 is 5.96 Å². The minimum atomic E-state index is -0.519. The monoisotopic (exact) mass is 279 g/mol. The maximum absolute atomic E-state index is 10.7. The summed E-state index contributed by atoms with van der Waals surface area (Å²) in [4.78, 5) is 7.10. The van der Waals surface area contributed by atoms with Gasteiger partial charge in [0.05, 0.1) is 18.2 Å². The summed E-state index contributed by atoms with van der Waals surface area (Å²) in [6.07, 6.45) is 6.73. The number of aliphatic imine (C=N–C) groups is 1. The van der Waals surface area contributed by atoms with E-state index in [2.05, 4.69) is 29.1 Å². The molecule has 114 valence electrons. The summed E-state index contributed by atoms with van der Waals surface area (Å²) in [5.41, 5.74) is -0.519. The van der Waals surface area contributed by atoms with Crippen molar-refractivity contribution in [2.45, 2.75) is 64.0 Å². The minimum Gasteiger partial charge on any atom is -0.388 e. The van der Waals surface area contributed by atoms with Gasteiger partial charge in [-0.1, -0.05) is 13.8 Å². The third kappa shape index (κ3) is 2.95. The van der Waals surface area contributed by atoms with Crippen molar-refractivity contribution in [3.8, 4) is 0 Å². The van der Waals surface area contributed by atoms with Gasteiger partial charge in [0.2, 0.25) is 0 Å². The fourth-order valence-electron chi connectivity index (χ4n) is 3.82. The lowest BCUT2D eigenvalue weighted by atomic mass is 9.79. The van der Waals surface area contributed by atoms with E-state index < -0.39 is 5.60 Å². The summed E-state index contributed by atoms with van der Waals surface area (Å²) in [6, 6.07) is 0.606. The van der Waals surface area contributed by atoms with Gasteiger partial charge in [-0.25, -0.2) is 0 Å². The molecule has 3 rings (SSSR count). The molecule has 2 heterocycles. The summed E-state index contributed by atoms with van der Waals surface area (Å²) in [5.74, 6) is 2.56. The largest absolute Gasteiger partial charge is 0.388 e. The number of rotatable bonds is 2. The van der Waals surface area contributed by atoms with Crippen LogP contribution in [-0.4, -0.2) is 47.2 Å². The molecule has 0 aromatic carbocycles. The van der Waals surface area contributed by atoms with E-state index in [1.807, 2.05) is 0 Å². The Morgan fingerprint density at radius 1 is 1.20 bits per heavy atom. The van der Waals surface area contributed by atoms with Crippen molar-refractivity contribution in [3.63, 3.8) is 0 Å². The van der Waals surface area contributed by atoms with Crippen LogP contribution in [0.4, 0.5) is 0 Å². The smallest absolute Gasteiger partial charge is 0.194 e. The second-order valence-electron chi connectivity index (χ2n) is 7.41. The predicted octanol–water partition coefficient (Wildman–Crippen LogP) is 1.99. The number of hydrogen-bond donors (Lipinski definition) is 2. The Bertz CT molecular complexity index is 374. The lowest BCUT2D eigenvalue weighted by molar-refractivity contribution is -0.00320. The fraction of sp³-hybridized carbons (Fsp3) is 0.938. The molecule has 0 aromatic heterocycles. The van der Waals surface area contributed by atoms with Gasteiger partial charge >= 0.3 is 0 Å². The van der Waals surface area contributed by atoms with E-state index in [4.69, 9.17) is 0 Å². The highest BCUT2D eigenvalue weighted by Gasteiger charge is 2.35. The molecule has 0 spiro atoms. The molecule has 0 radical (unpaired) electrons. The molecule has 1 saturated heterocycles. The highest BCUT2D eigenvalue weighted by molar-refractivity contribution is 5.82. The Labute approximate surface area is 122 Å². The van der Waals surface area contributed by atoms with E-state index in [-0.39, 0.29) is 0 Å². The van der Waals surface area contributed by atoms with Crippen molar-refractivity contribution in [2.24, 2.45) is 16.8 Å². The molecule has 1 saturated carbocycles. The third-order valence-electron chi connectivity index (χ3n) is 5.45. The number of hydrogen-bond acceptors (Lipinski definition) is 4. The molecule has 2 N–H and O–H groups in total. The van der Waals surface area contributed by atoms with E-state index in [0.29, 0.717) is 12.6 Å². The highest BCUT2D eigenvalue weighted by atomic mass is 16.3. The molecule has 0 aromatic rings. The van der Waals surface area contributed by atoms with Gasteiger partial charge in [-0.15, -0.1) is 0 Å². The normalized spacial score (nSPS) is 41.2. The van der Waals surface area contributed by atoms with Crippen molar-refractivity contribution < 1.29 is 5.11 Å². The number of guanidine groups is 1. The lowest BCUT2D eigenvalue weighted by Crippen LogP contribution is -2.52. The number of nitrogens with zero attached hydrogens (tertiary/aromatic N) is 2. The average molecular weight is 279 g/mol. The van der Waals surface area contributed by atoms with Crippen LogP contribution in [0.25, 0.3) is 0 Å². The summed E-state index contributed by atoms with van der Waals surface area (Å²) in [6.45, 7) is 7.32. The third-order valence-corrected chi connectivity index (χ3v) is 5.45. The van der Waals surface area contributed by atoms with Gasteiger partial charge in [-0.05, 0) is 50.4 Å². The predicted molar refractivity (Wildman–Crippen MR) is 81.8 cm³/mol. The van der Waals surface area contributed by atoms with Crippen molar-refractivity contribution in [1.82, 2.24) is 10.2 Å². The second kappa shape index (κ2) is 5.55. The standard InChI is InChI=1S/C16H29N3O/c1-12-5-7-16(20,8-6-12)11-18-15-17-9-14-4-3-13(2)10-19(14)15/h12-14,20H,3-11H2,1-2H3,(H,17,18). The van der Waals surface area contributed by atoms with Crippen molar-refractivity contribution in [1.29, 1.82) is 0 Å². The van der Waals surface area contributed by atoms with Gasteiger partial charge in [0, 0.05) is 13.1 Å². The van der Waals surface area contributed by atoms with Gasteiger partial charge < -0.3 is 15.3 Å². The summed E-state index contributed by atoms with van der Waals surface area (Å²) in [5, 5.41) is 14.1. The zero-order valence-electron chi connectivity index (χ0n) is 12.9. The molecule has 2 atom stereocenters. The van der Waals surface area contributed by atoms with Crippen molar-refractivity contribution in [2.75, 3.05) is 19.6 Å². The van der Waals surface area contributed by atoms with Crippen LogP contribution < -0.4 is 5.32 Å². The molecule has 2 aliphatic heterocycles. The van der Waals surface area contributed by atoms with Gasteiger partial charge in [-0.2, -0.15) is 0 Å². The second-order valence-corrected chi connectivity index (χ2v) is 7.41. The number of piperidine rings is 1. The fourth-order valence-corrected chi connectivity index (χ4v) is 3.82. The van der Waals surface area contributed by atoms with E-state index in [9.17, 15) is 5.11 Å². The van der Waals surface area contributed by atoms with Gasteiger partial charge in [-0.3, -0.25) is 4.99 Å². The molecular formula is C16H29N3O. The van der Waals surface area contributed by atoms with Gasteiger partial charge in [0.15, 0.2) is 5.96 Å². The first-order valence-corrected chi connectivity index (χ1v) is 8.33. The maximum atomic E-state index is 10.7. The number of fused-ring (bicyclic) bond motifs is 1. The zero-order valence-corrected chi connectivity index (χ0v) is 12.9. The molecule has 4 nitrogen and oxygen atoms in total. The van der Waals surface area contributed by atoms with E-state index in [1.165, 1.54) is 12.8 Å². The Balaban J connectivity index is 1.53. The number of aliphatic hydroxyl groups is 1. The first-order chi connectivity index (χ1) is 9.56. The van der Waals surface area contributed by atoms with Crippen LogP contribution in [0.15, 0.2) is 4.99 Å². The molecule has 0 bridgehead atoms. The first-order valence-electron chi connectivity index (χ1n) is 8.33. The number of nitrogens with one attached hydrogen (secondary N) is 1. The highest BCUT2D eigenvalue weighted by Crippen LogP contribution is 2.31. The molecule has 0 amide bonds.